The van der Waals surface area contributed by atoms with Crippen molar-refractivity contribution in [2.75, 3.05) is 38.3 Å². The van der Waals surface area contributed by atoms with Crippen LogP contribution in [-0.2, 0) is 4.74 Å². The summed E-state index contributed by atoms with van der Waals surface area (Å²) in [4.78, 5) is 2.16. The van der Waals surface area contributed by atoms with E-state index >= 15 is 0 Å². The molecule has 4 heteroatoms. The number of halogens is 1. The summed E-state index contributed by atoms with van der Waals surface area (Å²) < 4.78 is 19.3. The summed E-state index contributed by atoms with van der Waals surface area (Å²) in [7, 11) is 1.68. The molecule has 3 nitrogen and oxygen atoms in total. The number of hydrogen-bond donors (Lipinski definition) is 1. The molecular formula is C16H25FN2O. The molecule has 1 saturated heterocycles. The van der Waals surface area contributed by atoms with Crippen LogP contribution in [0.3, 0.4) is 0 Å². The first-order valence-corrected chi connectivity index (χ1v) is 7.49. The molecule has 0 spiro atoms. The van der Waals surface area contributed by atoms with Gasteiger partial charge in [0.25, 0.3) is 0 Å². The van der Waals surface area contributed by atoms with E-state index < -0.39 is 0 Å². The Labute approximate surface area is 121 Å². The summed E-state index contributed by atoms with van der Waals surface area (Å²) >= 11 is 0. The fourth-order valence-corrected chi connectivity index (χ4v) is 2.68. The maximum Gasteiger partial charge on any atom is 0.146 e. The zero-order valence-corrected chi connectivity index (χ0v) is 12.5. The lowest BCUT2D eigenvalue weighted by Crippen LogP contribution is -2.30. The fourth-order valence-electron chi connectivity index (χ4n) is 2.68. The maximum atomic E-state index is 14.3. The van der Waals surface area contributed by atoms with E-state index in [4.69, 9.17) is 4.74 Å². The average molecular weight is 280 g/mol. The average Bonchev–Trinajstić information content (AvgIpc) is 2.48. The van der Waals surface area contributed by atoms with Crippen molar-refractivity contribution < 1.29 is 9.13 Å². The third kappa shape index (κ3) is 3.93. The molecule has 1 aliphatic rings. The number of ether oxygens (including phenoxy) is 1. The molecule has 1 heterocycles. The molecule has 0 unspecified atom stereocenters. The molecule has 0 aliphatic carbocycles. The molecular weight excluding hydrogens is 255 g/mol. The van der Waals surface area contributed by atoms with Gasteiger partial charge in [-0.15, -0.1) is 0 Å². The van der Waals surface area contributed by atoms with Crippen molar-refractivity contribution in [1.29, 1.82) is 0 Å². The number of rotatable bonds is 6. The SMILES string of the molecule is COCCN[C@H](C)c1ccc(N2CCCCC2)c(F)c1. The van der Waals surface area contributed by atoms with Crippen LogP contribution in [0.15, 0.2) is 18.2 Å². The van der Waals surface area contributed by atoms with Crippen LogP contribution in [0.4, 0.5) is 10.1 Å². The number of nitrogens with zero attached hydrogens (tertiary/aromatic N) is 1. The molecule has 0 aromatic heterocycles. The lowest BCUT2D eigenvalue weighted by atomic mass is 10.1. The minimum Gasteiger partial charge on any atom is -0.383 e. The lowest BCUT2D eigenvalue weighted by Gasteiger charge is -2.29. The van der Waals surface area contributed by atoms with Gasteiger partial charge >= 0.3 is 0 Å². The second-order valence-electron chi connectivity index (χ2n) is 5.43. The standard InChI is InChI=1S/C16H25FN2O/c1-13(18-8-11-20-2)14-6-7-16(15(17)12-14)19-9-4-3-5-10-19/h6-7,12-13,18H,3-5,8-11H2,1-2H3/t13-/m1/s1. The largest absolute Gasteiger partial charge is 0.383 e. The van der Waals surface area contributed by atoms with Gasteiger partial charge in [-0.3, -0.25) is 0 Å². The van der Waals surface area contributed by atoms with Crippen LogP contribution >= 0.6 is 0 Å². The van der Waals surface area contributed by atoms with Crippen molar-refractivity contribution in [1.82, 2.24) is 5.32 Å². The molecule has 0 saturated carbocycles. The highest BCUT2D eigenvalue weighted by molar-refractivity contribution is 5.49. The first kappa shape index (κ1) is 15.3. The summed E-state index contributed by atoms with van der Waals surface area (Å²) in [6.45, 7) is 5.42. The highest BCUT2D eigenvalue weighted by Gasteiger charge is 2.16. The summed E-state index contributed by atoms with van der Waals surface area (Å²) in [6, 6.07) is 5.74. The first-order valence-electron chi connectivity index (χ1n) is 7.49. The maximum absolute atomic E-state index is 14.3. The van der Waals surface area contributed by atoms with Crippen LogP contribution in [-0.4, -0.2) is 33.4 Å². The van der Waals surface area contributed by atoms with Crippen molar-refractivity contribution >= 4 is 5.69 Å². The van der Waals surface area contributed by atoms with Crippen LogP contribution in [0.2, 0.25) is 0 Å². The zero-order valence-electron chi connectivity index (χ0n) is 12.5. The Morgan fingerprint density at radius 3 is 2.70 bits per heavy atom. The van der Waals surface area contributed by atoms with Crippen LogP contribution in [0.5, 0.6) is 0 Å². The Balaban J connectivity index is 2.01. The van der Waals surface area contributed by atoms with E-state index in [2.05, 4.69) is 10.2 Å². The predicted octanol–water partition coefficient (Wildman–Crippen LogP) is 3.11. The lowest BCUT2D eigenvalue weighted by molar-refractivity contribution is 0.196. The summed E-state index contributed by atoms with van der Waals surface area (Å²) in [5, 5.41) is 3.32. The van der Waals surface area contributed by atoms with Gasteiger partial charge in [-0.1, -0.05) is 6.07 Å². The summed E-state index contributed by atoms with van der Waals surface area (Å²) in [5.74, 6) is -0.107. The van der Waals surface area contributed by atoms with Gasteiger partial charge in [-0.2, -0.15) is 0 Å². The van der Waals surface area contributed by atoms with E-state index in [-0.39, 0.29) is 11.9 Å². The molecule has 0 amide bonds. The second-order valence-corrected chi connectivity index (χ2v) is 5.43. The number of methoxy groups -OCH3 is 1. The van der Waals surface area contributed by atoms with E-state index in [1.165, 1.54) is 6.42 Å². The Morgan fingerprint density at radius 2 is 2.05 bits per heavy atom. The monoisotopic (exact) mass is 280 g/mol. The van der Waals surface area contributed by atoms with Gasteiger partial charge in [0.2, 0.25) is 0 Å². The zero-order chi connectivity index (χ0) is 14.4. The molecule has 1 N–H and O–H groups in total. The van der Waals surface area contributed by atoms with Gasteiger partial charge in [0.1, 0.15) is 5.82 Å². The molecule has 2 rings (SSSR count). The van der Waals surface area contributed by atoms with Gasteiger partial charge in [0.05, 0.1) is 12.3 Å². The van der Waals surface area contributed by atoms with Crippen LogP contribution in [0, 0.1) is 5.82 Å². The molecule has 1 aromatic carbocycles. The first-order chi connectivity index (χ1) is 9.72. The predicted molar refractivity (Wildman–Crippen MR) is 80.8 cm³/mol. The minimum atomic E-state index is -0.107. The van der Waals surface area contributed by atoms with Gasteiger partial charge < -0.3 is 15.0 Å². The van der Waals surface area contributed by atoms with Gasteiger partial charge in [-0.05, 0) is 43.9 Å². The third-order valence-electron chi connectivity index (χ3n) is 3.93. The van der Waals surface area contributed by atoms with E-state index in [9.17, 15) is 4.39 Å². The smallest absolute Gasteiger partial charge is 0.146 e. The van der Waals surface area contributed by atoms with E-state index in [1.807, 2.05) is 19.1 Å². The molecule has 1 fully saturated rings. The number of nitrogens with one attached hydrogen (secondary N) is 1. The Kier molecular flexibility index (Phi) is 5.80. The molecule has 1 aliphatic heterocycles. The van der Waals surface area contributed by atoms with Crippen molar-refractivity contribution in [3.8, 4) is 0 Å². The van der Waals surface area contributed by atoms with E-state index in [1.54, 1.807) is 13.2 Å². The molecule has 1 atom stereocenters. The van der Waals surface area contributed by atoms with Crippen molar-refractivity contribution in [2.45, 2.75) is 32.2 Å². The highest BCUT2D eigenvalue weighted by Crippen LogP contribution is 2.26. The minimum absolute atomic E-state index is 0.107. The third-order valence-corrected chi connectivity index (χ3v) is 3.93. The van der Waals surface area contributed by atoms with Gasteiger partial charge in [-0.25, -0.2) is 4.39 Å². The Bertz CT molecular complexity index is 419. The fraction of sp³-hybridized carbons (Fsp3) is 0.625. The quantitative estimate of drug-likeness (QED) is 0.810. The topological polar surface area (TPSA) is 24.5 Å². The van der Waals surface area contributed by atoms with E-state index in [0.717, 1.165) is 43.7 Å². The van der Waals surface area contributed by atoms with Crippen LogP contribution < -0.4 is 10.2 Å². The Morgan fingerprint density at radius 1 is 1.30 bits per heavy atom. The van der Waals surface area contributed by atoms with Crippen molar-refractivity contribution in [2.24, 2.45) is 0 Å². The van der Waals surface area contributed by atoms with Gasteiger partial charge in [0, 0.05) is 32.8 Å². The molecule has 0 bridgehead atoms. The van der Waals surface area contributed by atoms with Crippen LogP contribution in [0.25, 0.3) is 0 Å². The molecule has 1 aromatic rings. The summed E-state index contributed by atoms with van der Waals surface area (Å²) in [5.41, 5.74) is 1.73. The van der Waals surface area contributed by atoms with Crippen molar-refractivity contribution in [3.63, 3.8) is 0 Å². The van der Waals surface area contributed by atoms with Gasteiger partial charge in [0.15, 0.2) is 0 Å². The highest BCUT2D eigenvalue weighted by atomic mass is 19.1. The molecule has 20 heavy (non-hydrogen) atoms. The van der Waals surface area contributed by atoms with Crippen LogP contribution in [0.1, 0.15) is 37.8 Å². The molecule has 0 radical (unpaired) electrons. The van der Waals surface area contributed by atoms with E-state index in [0.29, 0.717) is 6.61 Å². The normalized spacial score (nSPS) is 17.2. The number of hydrogen-bond acceptors (Lipinski definition) is 3. The Hall–Kier alpha value is -1.13. The molecule has 112 valence electrons. The number of anilines is 1. The summed E-state index contributed by atoms with van der Waals surface area (Å²) in [6.07, 6.45) is 3.59. The van der Waals surface area contributed by atoms with Crippen molar-refractivity contribution in [3.05, 3.63) is 29.6 Å². The number of benzene rings is 1. The number of piperidine rings is 1. The second kappa shape index (κ2) is 7.60.